The second kappa shape index (κ2) is 12.2. The normalized spacial score (nSPS) is 32.1. The van der Waals surface area contributed by atoms with Crippen LogP contribution in [0.3, 0.4) is 0 Å². The van der Waals surface area contributed by atoms with Gasteiger partial charge in [0.25, 0.3) is 0 Å². The van der Waals surface area contributed by atoms with Crippen molar-refractivity contribution in [3.63, 3.8) is 0 Å². The van der Waals surface area contributed by atoms with Crippen LogP contribution >= 0.6 is 11.3 Å². The van der Waals surface area contributed by atoms with Gasteiger partial charge in [-0.3, -0.25) is 9.59 Å². The number of aliphatic hydroxyl groups excluding tert-OH is 2. The number of aryl methyl sites for hydroxylation is 1. The lowest BCUT2D eigenvalue weighted by Gasteiger charge is -2.34. The maximum absolute atomic E-state index is 13.2. The van der Waals surface area contributed by atoms with Crippen molar-refractivity contribution in [2.24, 2.45) is 17.3 Å². The van der Waals surface area contributed by atoms with Crippen molar-refractivity contribution in [3.05, 3.63) is 33.3 Å². The molecule has 2 heterocycles. The summed E-state index contributed by atoms with van der Waals surface area (Å²) in [7, 11) is 0. The largest absolute Gasteiger partial charge is 0.457 e. The average molecular weight is 492 g/mol. The Hall–Kier alpha value is -1.83. The number of carbonyl (C=O) groups is 2. The number of aliphatic hydroxyl groups is 2. The first-order valence-electron chi connectivity index (χ1n) is 12.2. The van der Waals surface area contributed by atoms with Crippen molar-refractivity contribution in [3.8, 4) is 0 Å². The molecule has 0 saturated carbocycles. The molecule has 190 valence electrons. The van der Waals surface area contributed by atoms with Gasteiger partial charge in [-0.2, -0.15) is 0 Å². The zero-order valence-electron chi connectivity index (χ0n) is 21.6. The molecule has 1 aromatic heterocycles. The van der Waals surface area contributed by atoms with Crippen LogP contribution in [0, 0.1) is 24.2 Å². The Bertz CT molecular complexity index is 916. The van der Waals surface area contributed by atoms with Crippen LogP contribution < -0.4 is 0 Å². The SMILES string of the molecule is C/C1=C/CCC[C@H](C)C(O)[C@@H](C)C(=O)C(C)(C)[C@@H](O)CC(=O)O[C@H](/C(C)=C/c2csc(C)n2)C1. The predicted molar refractivity (Wildman–Crippen MR) is 136 cm³/mol. The van der Waals surface area contributed by atoms with Gasteiger partial charge in [-0.1, -0.05) is 39.3 Å². The number of ether oxygens (including phenoxy) is 1. The van der Waals surface area contributed by atoms with Gasteiger partial charge >= 0.3 is 5.97 Å². The van der Waals surface area contributed by atoms with E-state index in [1.54, 1.807) is 32.1 Å². The number of allylic oxidation sites excluding steroid dienone is 1. The Kier molecular flexibility index (Phi) is 10.2. The Labute approximate surface area is 208 Å². The van der Waals surface area contributed by atoms with Gasteiger partial charge in [0.05, 0.1) is 34.7 Å². The molecule has 0 aliphatic carbocycles. The fourth-order valence-electron chi connectivity index (χ4n) is 4.42. The van der Waals surface area contributed by atoms with E-state index < -0.39 is 35.6 Å². The van der Waals surface area contributed by atoms with Crippen LogP contribution in [0.4, 0.5) is 0 Å². The minimum atomic E-state index is -1.21. The molecule has 0 fully saturated rings. The molecule has 34 heavy (non-hydrogen) atoms. The molecule has 0 radical (unpaired) electrons. The second-order valence-corrected chi connectivity index (χ2v) is 11.5. The summed E-state index contributed by atoms with van der Waals surface area (Å²) in [5.41, 5.74) is 1.63. The van der Waals surface area contributed by atoms with Crippen LogP contribution in [0.5, 0.6) is 0 Å². The number of hydrogen-bond acceptors (Lipinski definition) is 7. The molecule has 0 amide bonds. The van der Waals surface area contributed by atoms with Crippen LogP contribution in [0.25, 0.3) is 6.08 Å². The monoisotopic (exact) mass is 491 g/mol. The van der Waals surface area contributed by atoms with Crippen LogP contribution in [0.2, 0.25) is 0 Å². The Morgan fingerprint density at radius 1 is 1.21 bits per heavy atom. The number of nitrogens with zero attached hydrogens (tertiary/aromatic N) is 1. The van der Waals surface area contributed by atoms with Gasteiger partial charge in [-0.15, -0.1) is 11.3 Å². The lowest BCUT2D eigenvalue weighted by Crippen LogP contribution is -2.45. The van der Waals surface area contributed by atoms with Gasteiger partial charge in [0.2, 0.25) is 0 Å². The number of hydrogen-bond donors (Lipinski definition) is 2. The van der Waals surface area contributed by atoms with Crippen molar-refractivity contribution in [1.29, 1.82) is 0 Å². The fourth-order valence-corrected chi connectivity index (χ4v) is 4.99. The number of rotatable bonds is 2. The molecule has 7 heteroatoms. The highest BCUT2D eigenvalue weighted by molar-refractivity contribution is 7.09. The molecular formula is C27H41NO5S. The molecule has 2 rings (SSSR count). The van der Waals surface area contributed by atoms with Crippen LogP contribution in [-0.4, -0.2) is 45.3 Å². The van der Waals surface area contributed by atoms with Crippen molar-refractivity contribution >= 4 is 29.2 Å². The number of aromatic nitrogens is 1. The molecule has 6 nitrogen and oxygen atoms in total. The highest BCUT2D eigenvalue weighted by Gasteiger charge is 2.42. The van der Waals surface area contributed by atoms with Gasteiger partial charge in [0.1, 0.15) is 11.9 Å². The van der Waals surface area contributed by atoms with Gasteiger partial charge in [-0.05, 0) is 57.6 Å². The van der Waals surface area contributed by atoms with Crippen LogP contribution in [0.15, 0.2) is 22.6 Å². The quantitative estimate of drug-likeness (QED) is 0.432. The van der Waals surface area contributed by atoms with E-state index in [0.717, 1.165) is 41.1 Å². The van der Waals surface area contributed by atoms with E-state index in [1.807, 2.05) is 39.2 Å². The maximum Gasteiger partial charge on any atom is 0.309 e. The summed E-state index contributed by atoms with van der Waals surface area (Å²) in [5, 5.41) is 24.5. The van der Waals surface area contributed by atoms with Crippen molar-refractivity contribution < 1.29 is 24.5 Å². The van der Waals surface area contributed by atoms with Crippen molar-refractivity contribution in [1.82, 2.24) is 4.98 Å². The summed E-state index contributed by atoms with van der Waals surface area (Å²) in [6.45, 7) is 12.8. The topological polar surface area (TPSA) is 96.7 Å². The van der Waals surface area contributed by atoms with Crippen molar-refractivity contribution in [2.45, 2.75) is 98.9 Å². The third-order valence-corrected chi connectivity index (χ3v) is 7.79. The van der Waals surface area contributed by atoms with Crippen LogP contribution in [0.1, 0.15) is 84.3 Å². The van der Waals surface area contributed by atoms with Gasteiger partial charge in [-0.25, -0.2) is 4.98 Å². The van der Waals surface area contributed by atoms with E-state index in [4.69, 9.17) is 4.74 Å². The minimum Gasteiger partial charge on any atom is -0.457 e. The summed E-state index contributed by atoms with van der Waals surface area (Å²) in [6.07, 6.45) is 4.38. The zero-order valence-corrected chi connectivity index (χ0v) is 22.4. The molecule has 0 spiro atoms. The smallest absolute Gasteiger partial charge is 0.309 e. The van der Waals surface area contributed by atoms with E-state index in [-0.39, 0.29) is 18.1 Å². The van der Waals surface area contributed by atoms with Gasteiger partial charge in [0, 0.05) is 17.7 Å². The minimum absolute atomic E-state index is 0.0436. The van der Waals surface area contributed by atoms with E-state index in [1.165, 1.54) is 0 Å². The second-order valence-electron chi connectivity index (χ2n) is 10.4. The van der Waals surface area contributed by atoms with E-state index in [9.17, 15) is 19.8 Å². The molecule has 0 bridgehead atoms. The molecule has 1 aliphatic rings. The third-order valence-electron chi connectivity index (χ3n) is 6.99. The standard InChI is InChI=1S/C27H41NO5S/c1-16-10-8-9-11-17(2)25(31)19(4)26(32)27(6,7)23(29)14-24(30)33-22(12-16)18(3)13-21-15-34-20(5)28-21/h10,13,15,17,19,22-23,25,29,31H,8-9,11-12,14H2,1-7H3/b16-10-,18-13+/t17-,19+,22-,23-,25?/m0/s1. The molecule has 0 saturated heterocycles. The first-order chi connectivity index (χ1) is 15.8. The summed E-state index contributed by atoms with van der Waals surface area (Å²) >= 11 is 1.56. The molecule has 1 aromatic rings. The van der Waals surface area contributed by atoms with E-state index in [0.29, 0.717) is 6.42 Å². The summed E-state index contributed by atoms with van der Waals surface area (Å²) < 4.78 is 5.83. The Morgan fingerprint density at radius 2 is 1.88 bits per heavy atom. The molecule has 1 aliphatic heterocycles. The van der Waals surface area contributed by atoms with E-state index >= 15 is 0 Å². The number of ketones is 1. The van der Waals surface area contributed by atoms with Crippen molar-refractivity contribution in [2.75, 3.05) is 0 Å². The highest BCUT2D eigenvalue weighted by atomic mass is 32.1. The molecule has 5 atom stereocenters. The number of thiazole rings is 1. The first kappa shape index (κ1) is 28.4. The fraction of sp³-hybridized carbons (Fsp3) is 0.667. The molecule has 0 aromatic carbocycles. The number of esters is 1. The third kappa shape index (κ3) is 7.59. The average Bonchev–Trinajstić information content (AvgIpc) is 3.17. The van der Waals surface area contributed by atoms with E-state index in [2.05, 4.69) is 11.1 Å². The predicted octanol–water partition coefficient (Wildman–Crippen LogP) is 5.27. The van der Waals surface area contributed by atoms with Gasteiger partial charge in [0.15, 0.2) is 0 Å². The Balaban J connectivity index is 2.33. The summed E-state index contributed by atoms with van der Waals surface area (Å²) in [4.78, 5) is 30.5. The lowest BCUT2D eigenvalue weighted by molar-refractivity contribution is -0.154. The first-order valence-corrected chi connectivity index (χ1v) is 13.1. The molecule has 1 unspecified atom stereocenters. The lowest BCUT2D eigenvalue weighted by atomic mass is 9.73. The number of Topliss-reactive ketones (excluding diaryl/α,β-unsaturated/α-hetero) is 1. The number of carbonyl (C=O) groups excluding carboxylic acids is 2. The molecular weight excluding hydrogens is 450 g/mol. The number of cyclic esters (lactones) is 1. The highest BCUT2D eigenvalue weighted by Crippen LogP contribution is 2.32. The van der Waals surface area contributed by atoms with Crippen LogP contribution in [-0.2, 0) is 14.3 Å². The summed E-state index contributed by atoms with van der Waals surface area (Å²) in [6, 6.07) is 0. The summed E-state index contributed by atoms with van der Waals surface area (Å²) in [5.74, 6) is -1.48. The maximum atomic E-state index is 13.2. The zero-order chi connectivity index (χ0) is 25.6. The molecule has 2 N–H and O–H groups in total. The Morgan fingerprint density at radius 3 is 2.50 bits per heavy atom. The van der Waals surface area contributed by atoms with Gasteiger partial charge < -0.3 is 14.9 Å².